The molecule has 3 nitrogen and oxygen atoms in total. The van der Waals surface area contributed by atoms with Gasteiger partial charge in [0.1, 0.15) is 5.01 Å². The molecule has 1 aliphatic rings. The molecule has 2 rings (SSSR count). The highest BCUT2D eigenvalue weighted by Gasteiger charge is 2.37. The molecule has 0 amide bonds. The second-order valence-electron chi connectivity index (χ2n) is 5.24. The van der Waals surface area contributed by atoms with Gasteiger partial charge in [0, 0.05) is 24.2 Å². The molecule has 1 saturated heterocycles. The predicted molar refractivity (Wildman–Crippen MR) is 78.2 cm³/mol. The molecule has 4 heteroatoms. The van der Waals surface area contributed by atoms with E-state index in [1.165, 1.54) is 43.9 Å². The van der Waals surface area contributed by atoms with E-state index in [0.29, 0.717) is 0 Å². The van der Waals surface area contributed by atoms with Crippen molar-refractivity contribution in [1.82, 2.24) is 15.2 Å². The van der Waals surface area contributed by atoms with E-state index in [0.717, 1.165) is 12.2 Å². The van der Waals surface area contributed by atoms with Crippen LogP contribution in [0.3, 0.4) is 0 Å². The fraction of sp³-hybridized carbons (Fsp3) is 0.786. The molecule has 18 heavy (non-hydrogen) atoms. The zero-order chi connectivity index (χ0) is 13.0. The van der Waals surface area contributed by atoms with Gasteiger partial charge in [0.2, 0.25) is 0 Å². The number of aryl methyl sites for hydroxylation is 1. The zero-order valence-corrected chi connectivity index (χ0v) is 12.6. The van der Waals surface area contributed by atoms with Crippen molar-refractivity contribution in [1.29, 1.82) is 0 Å². The Labute approximate surface area is 115 Å². The third-order valence-electron chi connectivity index (χ3n) is 3.90. The van der Waals surface area contributed by atoms with Gasteiger partial charge in [-0.2, -0.15) is 0 Å². The predicted octanol–water partition coefficient (Wildman–Crippen LogP) is 2.76. The Kier molecular flexibility index (Phi) is 4.76. The van der Waals surface area contributed by atoms with Crippen LogP contribution in [0.15, 0.2) is 5.38 Å². The maximum absolute atomic E-state index is 4.75. The fourth-order valence-corrected chi connectivity index (χ4v) is 3.69. The largest absolute Gasteiger partial charge is 0.305 e. The van der Waals surface area contributed by atoms with Gasteiger partial charge in [-0.25, -0.2) is 4.98 Å². The SMILES string of the molecule is CCCNC1(c2nc(C)cs2)CCN(CC)CC1. The molecule has 2 heterocycles. The first kappa shape index (κ1) is 14.0. The molecule has 0 spiro atoms. The topological polar surface area (TPSA) is 28.2 Å². The number of thiazole rings is 1. The van der Waals surface area contributed by atoms with Gasteiger partial charge in [0.15, 0.2) is 0 Å². The molecule has 1 N–H and O–H groups in total. The number of hydrogen-bond acceptors (Lipinski definition) is 4. The Morgan fingerprint density at radius 2 is 2.11 bits per heavy atom. The molecule has 1 fully saturated rings. The van der Waals surface area contributed by atoms with Crippen LogP contribution in [0.5, 0.6) is 0 Å². The van der Waals surface area contributed by atoms with Crippen molar-refractivity contribution in [3.63, 3.8) is 0 Å². The molecule has 1 aliphatic heterocycles. The van der Waals surface area contributed by atoms with Crippen molar-refractivity contribution in [2.45, 2.75) is 45.6 Å². The molecule has 0 saturated carbocycles. The monoisotopic (exact) mass is 267 g/mol. The van der Waals surface area contributed by atoms with Gasteiger partial charge in [0.05, 0.1) is 5.54 Å². The summed E-state index contributed by atoms with van der Waals surface area (Å²) in [5, 5.41) is 7.25. The van der Waals surface area contributed by atoms with Crippen LogP contribution in [0, 0.1) is 6.92 Å². The summed E-state index contributed by atoms with van der Waals surface area (Å²) in [6.07, 6.45) is 3.56. The third kappa shape index (κ3) is 2.92. The van der Waals surface area contributed by atoms with Crippen LogP contribution in [0.4, 0.5) is 0 Å². The van der Waals surface area contributed by atoms with Crippen molar-refractivity contribution < 1.29 is 0 Å². The number of nitrogens with zero attached hydrogens (tertiary/aromatic N) is 2. The van der Waals surface area contributed by atoms with E-state index < -0.39 is 0 Å². The maximum atomic E-state index is 4.75. The van der Waals surface area contributed by atoms with Gasteiger partial charge < -0.3 is 10.2 Å². The summed E-state index contributed by atoms with van der Waals surface area (Å²) in [6.45, 7) is 11.2. The zero-order valence-electron chi connectivity index (χ0n) is 11.8. The minimum Gasteiger partial charge on any atom is -0.305 e. The lowest BCUT2D eigenvalue weighted by Gasteiger charge is -2.41. The van der Waals surface area contributed by atoms with Crippen LogP contribution >= 0.6 is 11.3 Å². The molecule has 0 aromatic carbocycles. The summed E-state index contributed by atoms with van der Waals surface area (Å²) < 4.78 is 0. The molecule has 0 radical (unpaired) electrons. The smallest absolute Gasteiger partial charge is 0.113 e. The molecule has 102 valence electrons. The Balaban J connectivity index is 2.14. The quantitative estimate of drug-likeness (QED) is 0.889. The molecular weight excluding hydrogens is 242 g/mol. The number of rotatable bonds is 5. The Morgan fingerprint density at radius 1 is 1.39 bits per heavy atom. The van der Waals surface area contributed by atoms with E-state index >= 15 is 0 Å². The van der Waals surface area contributed by atoms with Crippen molar-refractivity contribution in [2.24, 2.45) is 0 Å². The van der Waals surface area contributed by atoms with Crippen LogP contribution in [-0.4, -0.2) is 36.1 Å². The lowest BCUT2D eigenvalue weighted by Crippen LogP contribution is -2.51. The first-order valence-corrected chi connectivity index (χ1v) is 7.98. The van der Waals surface area contributed by atoms with Crippen LogP contribution < -0.4 is 5.32 Å². The molecule has 1 aromatic heterocycles. The van der Waals surface area contributed by atoms with Gasteiger partial charge in [0.25, 0.3) is 0 Å². The van der Waals surface area contributed by atoms with Crippen LogP contribution in [0.25, 0.3) is 0 Å². The average Bonchev–Trinajstić information content (AvgIpc) is 2.84. The lowest BCUT2D eigenvalue weighted by atomic mass is 9.87. The van der Waals surface area contributed by atoms with Crippen molar-refractivity contribution >= 4 is 11.3 Å². The minimum atomic E-state index is 0.139. The van der Waals surface area contributed by atoms with Crippen LogP contribution in [0.1, 0.15) is 43.8 Å². The number of piperidine rings is 1. The van der Waals surface area contributed by atoms with E-state index in [2.05, 4.69) is 36.4 Å². The summed E-state index contributed by atoms with van der Waals surface area (Å²) in [4.78, 5) is 7.28. The first-order chi connectivity index (χ1) is 8.70. The number of hydrogen-bond donors (Lipinski definition) is 1. The van der Waals surface area contributed by atoms with Crippen molar-refractivity contribution in [3.8, 4) is 0 Å². The Morgan fingerprint density at radius 3 is 2.61 bits per heavy atom. The number of nitrogens with one attached hydrogen (secondary N) is 1. The highest BCUT2D eigenvalue weighted by molar-refractivity contribution is 7.09. The molecule has 0 atom stereocenters. The van der Waals surface area contributed by atoms with Gasteiger partial charge in [-0.05, 0) is 39.3 Å². The van der Waals surface area contributed by atoms with E-state index in [4.69, 9.17) is 4.98 Å². The van der Waals surface area contributed by atoms with Crippen molar-refractivity contribution in [3.05, 3.63) is 16.1 Å². The van der Waals surface area contributed by atoms with Gasteiger partial charge in [-0.1, -0.05) is 13.8 Å². The van der Waals surface area contributed by atoms with Gasteiger partial charge in [-0.3, -0.25) is 0 Å². The molecule has 0 bridgehead atoms. The molecule has 0 unspecified atom stereocenters. The number of likely N-dealkylation sites (tertiary alicyclic amines) is 1. The summed E-state index contributed by atoms with van der Waals surface area (Å²) >= 11 is 1.82. The first-order valence-electron chi connectivity index (χ1n) is 7.10. The van der Waals surface area contributed by atoms with Crippen molar-refractivity contribution in [2.75, 3.05) is 26.2 Å². The van der Waals surface area contributed by atoms with E-state index in [-0.39, 0.29) is 5.54 Å². The summed E-state index contributed by atoms with van der Waals surface area (Å²) in [7, 11) is 0. The third-order valence-corrected chi connectivity index (χ3v) is 5.06. The second kappa shape index (κ2) is 6.13. The Bertz CT molecular complexity index is 367. The van der Waals surface area contributed by atoms with E-state index in [1.54, 1.807) is 0 Å². The standard InChI is InChI=1S/C14H25N3S/c1-4-8-15-14(13-16-12(3)11-18-13)6-9-17(5-2)10-7-14/h11,15H,4-10H2,1-3H3. The summed E-state index contributed by atoms with van der Waals surface area (Å²) in [5.74, 6) is 0. The van der Waals surface area contributed by atoms with E-state index in [1.807, 2.05) is 11.3 Å². The number of aromatic nitrogens is 1. The summed E-state index contributed by atoms with van der Waals surface area (Å²) in [6, 6.07) is 0. The van der Waals surface area contributed by atoms with Crippen LogP contribution in [0.2, 0.25) is 0 Å². The highest BCUT2D eigenvalue weighted by Crippen LogP contribution is 2.34. The highest BCUT2D eigenvalue weighted by atomic mass is 32.1. The maximum Gasteiger partial charge on any atom is 0.113 e. The Hall–Kier alpha value is -0.450. The summed E-state index contributed by atoms with van der Waals surface area (Å²) in [5.41, 5.74) is 1.30. The van der Waals surface area contributed by atoms with E-state index in [9.17, 15) is 0 Å². The lowest BCUT2D eigenvalue weighted by molar-refractivity contribution is 0.139. The van der Waals surface area contributed by atoms with Gasteiger partial charge >= 0.3 is 0 Å². The molecule has 1 aromatic rings. The average molecular weight is 267 g/mol. The fourth-order valence-electron chi connectivity index (χ4n) is 2.66. The van der Waals surface area contributed by atoms with Crippen LogP contribution in [-0.2, 0) is 5.54 Å². The normalized spacial score (nSPS) is 20.2. The molecule has 0 aliphatic carbocycles. The minimum absolute atomic E-state index is 0.139. The molecular formula is C14H25N3S. The second-order valence-corrected chi connectivity index (χ2v) is 6.10. The van der Waals surface area contributed by atoms with Gasteiger partial charge in [-0.15, -0.1) is 11.3 Å².